The van der Waals surface area contributed by atoms with Crippen molar-refractivity contribution in [3.05, 3.63) is 95.4 Å². The number of halogens is 2. The molecule has 2 unspecified atom stereocenters. The maximum atomic E-state index is 13.7. The number of aromatic hydroxyl groups is 2. The molecule has 2 amide bonds. The highest BCUT2D eigenvalue weighted by Crippen LogP contribution is 2.47. The fourth-order valence-electron chi connectivity index (χ4n) is 6.32. The van der Waals surface area contributed by atoms with E-state index in [1.54, 1.807) is 21.9 Å². The Hall–Kier alpha value is -4.20. The van der Waals surface area contributed by atoms with E-state index in [0.717, 1.165) is 21.9 Å². The summed E-state index contributed by atoms with van der Waals surface area (Å²) in [5.41, 5.74) is 2.94. The topological polar surface area (TPSA) is 94.2 Å². The van der Waals surface area contributed by atoms with Crippen molar-refractivity contribution >= 4 is 67.9 Å². The second kappa shape index (κ2) is 9.72. The zero-order valence-corrected chi connectivity index (χ0v) is 23.2. The van der Waals surface area contributed by atoms with Gasteiger partial charge in [0.05, 0.1) is 11.4 Å². The van der Waals surface area contributed by atoms with E-state index in [9.17, 15) is 19.8 Å². The average Bonchev–Trinajstić information content (AvgIpc) is 3.73. The second-order valence-electron chi connectivity index (χ2n) is 10.4. The predicted octanol–water partition coefficient (Wildman–Crippen LogP) is 6.96. The van der Waals surface area contributed by atoms with Crippen LogP contribution in [0.3, 0.4) is 0 Å². The first-order valence-corrected chi connectivity index (χ1v) is 14.3. The van der Waals surface area contributed by atoms with Crippen LogP contribution in [0.15, 0.2) is 77.2 Å². The van der Waals surface area contributed by atoms with E-state index in [1.807, 2.05) is 48.5 Å². The molecule has 0 saturated carbocycles. The van der Waals surface area contributed by atoms with Crippen molar-refractivity contribution in [3.63, 3.8) is 0 Å². The van der Waals surface area contributed by atoms with Gasteiger partial charge in [-0.3, -0.25) is 9.59 Å². The third-order valence-electron chi connectivity index (χ3n) is 8.18. The van der Waals surface area contributed by atoms with E-state index in [2.05, 4.69) is 0 Å². The molecule has 0 saturated heterocycles. The Morgan fingerprint density at radius 2 is 1.07 bits per heavy atom. The van der Waals surface area contributed by atoms with Crippen molar-refractivity contribution in [2.24, 2.45) is 0 Å². The minimum absolute atomic E-state index is 0.00292. The number of alkyl halides is 2. The molecule has 0 spiro atoms. The molecule has 5 aromatic rings. The summed E-state index contributed by atoms with van der Waals surface area (Å²) in [4.78, 5) is 30.5. The standard InChI is InChI=1S/C32H24Cl2N2O5/c33-13-17-15-35(23-11-25(37)19-5-1-3-7-21(19)29(17)23)31(39)27-9-10-28(41-27)32(40)36-16-18(14-34)30-22-8-4-2-6-20(22)26(38)12-24(30)36/h1-12,17-18,37-38H,13-16H2. The lowest BCUT2D eigenvalue weighted by Gasteiger charge is -2.18. The van der Waals surface area contributed by atoms with Crippen LogP contribution in [0.2, 0.25) is 0 Å². The van der Waals surface area contributed by atoms with Gasteiger partial charge in [-0.05, 0) is 34.0 Å². The number of carbonyl (C=O) groups is 2. The van der Waals surface area contributed by atoms with Crippen molar-refractivity contribution in [1.82, 2.24) is 0 Å². The minimum Gasteiger partial charge on any atom is -0.507 e. The number of fused-ring (bicyclic) bond motifs is 6. The Morgan fingerprint density at radius 1 is 0.683 bits per heavy atom. The maximum absolute atomic E-state index is 13.7. The summed E-state index contributed by atoms with van der Waals surface area (Å²) in [6, 6.07) is 21.1. The van der Waals surface area contributed by atoms with Crippen LogP contribution in [0.1, 0.15) is 44.1 Å². The molecule has 2 N–H and O–H groups in total. The smallest absolute Gasteiger partial charge is 0.294 e. The fourth-order valence-corrected chi connectivity index (χ4v) is 6.83. The zero-order chi connectivity index (χ0) is 28.4. The number of amides is 2. The van der Waals surface area contributed by atoms with E-state index >= 15 is 0 Å². The molecule has 7 nitrogen and oxygen atoms in total. The van der Waals surface area contributed by atoms with Crippen molar-refractivity contribution in [1.29, 1.82) is 0 Å². The van der Waals surface area contributed by atoms with E-state index in [4.69, 9.17) is 27.6 Å². The molecule has 0 fully saturated rings. The van der Waals surface area contributed by atoms with Gasteiger partial charge in [-0.2, -0.15) is 0 Å². The number of carbonyl (C=O) groups excluding carboxylic acids is 2. The van der Waals surface area contributed by atoms with Crippen LogP contribution < -0.4 is 9.80 Å². The summed E-state index contributed by atoms with van der Waals surface area (Å²) in [6.07, 6.45) is 0. The zero-order valence-electron chi connectivity index (χ0n) is 21.7. The fraction of sp³-hybridized carbons (Fsp3) is 0.188. The van der Waals surface area contributed by atoms with Crippen LogP contribution >= 0.6 is 23.2 Å². The first-order valence-electron chi connectivity index (χ1n) is 13.3. The molecular weight excluding hydrogens is 563 g/mol. The number of hydrogen-bond acceptors (Lipinski definition) is 5. The summed E-state index contributed by atoms with van der Waals surface area (Å²) >= 11 is 12.6. The van der Waals surface area contributed by atoms with Crippen LogP contribution in [-0.4, -0.2) is 46.9 Å². The van der Waals surface area contributed by atoms with Crippen LogP contribution in [0.4, 0.5) is 11.4 Å². The predicted molar refractivity (Wildman–Crippen MR) is 160 cm³/mol. The highest BCUT2D eigenvalue weighted by Gasteiger charge is 2.38. The van der Waals surface area contributed by atoms with Gasteiger partial charge in [-0.1, -0.05) is 48.5 Å². The third kappa shape index (κ3) is 3.87. The summed E-state index contributed by atoms with van der Waals surface area (Å²) in [7, 11) is 0. The number of hydrogen-bond donors (Lipinski definition) is 2. The highest BCUT2D eigenvalue weighted by molar-refractivity contribution is 6.20. The summed E-state index contributed by atoms with van der Waals surface area (Å²) in [6.45, 7) is 0.636. The third-order valence-corrected chi connectivity index (χ3v) is 8.92. The Morgan fingerprint density at radius 3 is 1.46 bits per heavy atom. The summed E-state index contributed by atoms with van der Waals surface area (Å²) in [5.74, 6) is -0.403. The van der Waals surface area contributed by atoms with E-state index in [0.29, 0.717) is 47.0 Å². The Bertz CT molecular complexity index is 1750. The Kier molecular flexibility index (Phi) is 6.10. The van der Waals surface area contributed by atoms with Gasteiger partial charge in [0.25, 0.3) is 11.8 Å². The molecule has 2 aliphatic heterocycles. The van der Waals surface area contributed by atoms with E-state index in [1.165, 1.54) is 12.1 Å². The van der Waals surface area contributed by atoms with E-state index in [-0.39, 0.29) is 34.9 Å². The van der Waals surface area contributed by atoms with Gasteiger partial charge in [-0.15, -0.1) is 23.2 Å². The lowest BCUT2D eigenvalue weighted by Crippen LogP contribution is -2.30. The molecule has 9 heteroatoms. The van der Waals surface area contributed by atoms with Crippen molar-refractivity contribution in [2.45, 2.75) is 11.8 Å². The Labute approximate surface area is 245 Å². The number of benzene rings is 4. The van der Waals surface area contributed by atoms with Crippen molar-refractivity contribution in [3.8, 4) is 11.5 Å². The number of rotatable bonds is 4. The molecule has 3 heterocycles. The van der Waals surface area contributed by atoms with Gasteiger partial charge in [0.2, 0.25) is 0 Å². The van der Waals surface area contributed by atoms with Gasteiger partial charge >= 0.3 is 0 Å². The van der Waals surface area contributed by atoms with Crippen LogP contribution in [0.25, 0.3) is 21.5 Å². The van der Waals surface area contributed by atoms with Crippen molar-refractivity contribution < 1.29 is 24.2 Å². The first-order chi connectivity index (χ1) is 19.9. The molecule has 206 valence electrons. The van der Waals surface area contributed by atoms with Gasteiger partial charge < -0.3 is 24.4 Å². The number of nitrogens with zero attached hydrogens (tertiary/aromatic N) is 2. The molecule has 41 heavy (non-hydrogen) atoms. The van der Waals surface area contributed by atoms with Gasteiger partial charge in [0.15, 0.2) is 11.5 Å². The average molecular weight is 587 g/mol. The minimum atomic E-state index is -0.434. The summed E-state index contributed by atoms with van der Waals surface area (Å²) < 4.78 is 5.86. The molecule has 0 aliphatic carbocycles. The van der Waals surface area contributed by atoms with Gasteiger partial charge in [0.1, 0.15) is 11.5 Å². The Balaban J connectivity index is 1.23. The molecule has 7 rings (SSSR count). The normalized spacial score (nSPS) is 17.8. The maximum Gasteiger partial charge on any atom is 0.294 e. The molecule has 2 aliphatic rings. The first kappa shape index (κ1) is 25.7. The monoisotopic (exact) mass is 586 g/mol. The molecule has 2 atom stereocenters. The van der Waals surface area contributed by atoms with Crippen LogP contribution in [0, 0.1) is 0 Å². The highest BCUT2D eigenvalue weighted by atomic mass is 35.5. The lowest BCUT2D eigenvalue weighted by atomic mass is 9.95. The second-order valence-corrected chi connectivity index (χ2v) is 11.1. The largest absolute Gasteiger partial charge is 0.507 e. The van der Waals surface area contributed by atoms with Gasteiger partial charge in [0, 0.05) is 59.6 Å². The molecule has 0 bridgehead atoms. The number of phenols is 2. The SMILES string of the molecule is O=C(c1ccc(C(=O)N2CC(CCl)c3c2cc(O)c2ccccc32)o1)N1CC(CCl)c2c1cc(O)c1ccccc21. The van der Waals surface area contributed by atoms with Crippen LogP contribution in [-0.2, 0) is 0 Å². The quantitative estimate of drug-likeness (QED) is 0.222. The molecule has 4 aromatic carbocycles. The lowest BCUT2D eigenvalue weighted by molar-refractivity contribution is 0.0937. The molecule has 0 radical (unpaired) electrons. The summed E-state index contributed by atoms with van der Waals surface area (Å²) in [5, 5.41) is 24.5. The number of anilines is 2. The molecular formula is C32H24Cl2N2O5. The van der Waals surface area contributed by atoms with Crippen molar-refractivity contribution in [2.75, 3.05) is 34.6 Å². The van der Waals surface area contributed by atoms with E-state index < -0.39 is 11.8 Å². The number of furan rings is 1. The number of phenolic OH excluding ortho intramolecular Hbond substituents is 2. The van der Waals surface area contributed by atoms with Gasteiger partial charge in [-0.25, -0.2) is 0 Å². The van der Waals surface area contributed by atoms with Crippen LogP contribution in [0.5, 0.6) is 11.5 Å². The molecule has 1 aromatic heterocycles.